The summed E-state index contributed by atoms with van der Waals surface area (Å²) in [6, 6.07) is 0. The molecule has 0 radical (unpaired) electrons. The lowest BCUT2D eigenvalue weighted by atomic mass is 9.44. The molecule has 2 saturated carbocycles. The number of fused-ring (bicyclic) bond motifs is 3. The fourth-order valence-corrected chi connectivity index (χ4v) is 6.15. The molecule has 4 nitrogen and oxygen atoms in total. The molecule has 0 bridgehead atoms. The van der Waals surface area contributed by atoms with Gasteiger partial charge in [-0.3, -0.25) is 4.79 Å². The molecule has 2 fully saturated rings. The zero-order valence-electron chi connectivity index (χ0n) is 16.5. The first-order chi connectivity index (χ1) is 11.5. The van der Waals surface area contributed by atoms with E-state index in [1.165, 1.54) is 0 Å². The SMILES string of the molecule is CO[C@@]1(C(C)C)C=C2C(=O)C[C@@H]3C(C)(C)[C@H](O)CC[C@@]3(C)[C@@H]2C[C@H]1O. The molecule has 0 unspecified atom stereocenters. The van der Waals surface area contributed by atoms with E-state index in [0.717, 1.165) is 18.4 Å². The summed E-state index contributed by atoms with van der Waals surface area (Å²) in [5.41, 5.74) is -0.284. The second-order valence-corrected chi connectivity index (χ2v) is 9.68. The van der Waals surface area contributed by atoms with E-state index in [-0.39, 0.29) is 40.5 Å². The van der Waals surface area contributed by atoms with Crippen LogP contribution in [0.5, 0.6) is 0 Å². The van der Waals surface area contributed by atoms with Crippen molar-refractivity contribution < 1.29 is 19.7 Å². The monoisotopic (exact) mass is 350 g/mol. The number of rotatable bonds is 2. The molecular weight excluding hydrogens is 316 g/mol. The molecule has 0 aromatic heterocycles. The molecule has 3 rings (SSSR count). The predicted octanol–water partition coefficient (Wildman–Crippen LogP) is 3.11. The topological polar surface area (TPSA) is 66.8 Å². The zero-order valence-corrected chi connectivity index (χ0v) is 16.5. The molecule has 4 heteroatoms. The first-order valence-corrected chi connectivity index (χ1v) is 9.68. The third-order valence-corrected chi connectivity index (χ3v) is 8.01. The Balaban J connectivity index is 2.09. The van der Waals surface area contributed by atoms with Gasteiger partial charge in [0.1, 0.15) is 5.60 Å². The van der Waals surface area contributed by atoms with Gasteiger partial charge in [0, 0.05) is 13.5 Å². The maximum Gasteiger partial charge on any atom is 0.159 e. The van der Waals surface area contributed by atoms with Crippen LogP contribution >= 0.6 is 0 Å². The van der Waals surface area contributed by atoms with Crippen molar-refractivity contribution in [3.63, 3.8) is 0 Å². The number of ketones is 1. The number of hydrogen-bond acceptors (Lipinski definition) is 4. The van der Waals surface area contributed by atoms with Gasteiger partial charge in [0.05, 0.1) is 12.2 Å². The minimum absolute atomic E-state index is 0.0440. The maximum absolute atomic E-state index is 13.1. The van der Waals surface area contributed by atoms with Gasteiger partial charge in [-0.25, -0.2) is 0 Å². The molecule has 0 saturated heterocycles. The molecule has 25 heavy (non-hydrogen) atoms. The Morgan fingerprint density at radius 1 is 1.20 bits per heavy atom. The van der Waals surface area contributed by atoms with Gasteiger partial charge in [-0.1, -0.05) is 34.6 Å². The summed E-state index contributed by atoms with van der Waals surface area (Å²) in [6.07, 6.45) is 3.65. The van der Waals surface area contributed by atoms with Crippen LogP contribution in [0, 0.1) is 28.6 Å². The van der Waals surface area contributed by atoms with Crippen LogP contribution in [-0.2, 0) is 9.53 Å². The summed E-state index contributed by atoms with van der Waals surface area (Å²) in [5, 5.41) is 21.5. The number of Topliss-reactive ketones (excluding diaryl/α,β-unsaturated/α-hetero) is 1. The number of aliphatic hydroxyl groups is 2. The highest BCUT2D eigenvalue weighted by Gasteiger charge is 2.61. The normalized spacial score (nSPS) is 46.4. The van der Waals surface area contributed by atoms with Crippen molar-refractivity contribution in [2.75, 3.05) is 7.11 Å². The van der Waals surface area contributed by atoms with E-state index in [9.17, 15) is 15.0 Å². The van der Waals surface area contributed by atoms with E-state index in [4.69, 9.17) is 4.74 Å². The van der Waals surface area contributed by atoms with E-state index >= 15 is 0 Å². The van der Waals surface area contributed by atoms with Crippen molar-refractivity contribution in [1.82, 2.24) is 0 Å². The predicted molar refractivity (Wildman–Crippen MR) is 97.0 cm³/mol. The van der Waals surface area contributed by atoms with Crippen molar-refractivity contribution in [1.29, 1.82) is 0 Å². The van der Waals surface area contributed by atoms with Crippen LogP contribution in [-0.4, -0.2) is 40.9 Å². The maximum atomic E-state index is 13.1. The molecule has 0 amide bonds. The largest absolute Gasteiger partial charge is 0.393 e. The molecule has 142 valence electrons. The van der Waals surface area contributed by atoms with Crippen LogP contribution in [0.2, 0.25) is 0 Å². The lowest BCUT2D eigenvalue weighted by molar-refractivity contribution is -0.162. The van der Waals surface area contributed by atoms with E-state index in [1.54, 1.807) is 7.11 Å². The second kappa shape index (κ2) is 5.90. The van der Waals surface area contributed by atoms with Gasteiger partial charge >= 0.3 is 0 Å². The van der Waals surface area contributed by atoms with Gasteiger partial charge in [0.25, 0.3) is 0 Å². The molecule has 0 aromatic rings. The average molecular weight is 350 g/mol. The average Bonchev–Trinajstić information content (AvgIpc) is 2.54. The van der Waals surface area contributed by atoms with Gasteiger partial charge in [-0.2, -0.15) is 0 Å². The van der Waals surface area contributed by atoms with Crippen LogP contribution in [0.1, 0.15) is 60.3 Å². The Morgan fingerprint density at radius 3 is 2.40 bits per heavy atom. The summed E-state index contributed by atoms with van der Waals surface area (Å²) >= 11 is 0. The van der Waals surface area contributed by atoms with E-state index in [2.05, 4.69) is 20.8 Å². The highest BCUT2D eigenvalue weighted by Crippen LogP contribution is 2.62. The molecular formula is C21H34O4. The second-order valence-electron chi connectivity index (χ2n) is 9.68. The Morgan fingerprint density at radius 2 is 1.84 bits per heavy atom. The summed E-state index contributed by atoms with van der Waals surface area (Å²) in [4.78, 5) is 13.1. The zero-order chi connectivity index (χ0) is 18.8. The molecule has 0 aromatic carbocycles. The Kier molecular flexibility index (Phi) is 4.50. The van der Waals surface area contributed by atoms with Gasteiger partial charge < -0.3 is 14.9 Å². The summed E-state index contributed by atoms with van der Waals surface area (Å²) < 4.78 is 5.76. The number of aliphatic hydroxyl groups excluding tert-OH is 2. The van der Waals surface area contributed by atoms with Crippen LogP contribution in [0.3, 0.4) is 0 Å². The number of carbonyl (C=O) groups excluding carboxylic acids is 1. The van der Waals surface area contributed by atoms with Gasteiger partial charge in [0.2, 0.25) is 0 Å². The van der Waals surface area contributed by atoms with Crippen molar-refractivity contribution in [3.8, 4) is 0 Å². The third kappa shape index (κ3) is 2.48. The first-order valence-electron chi connectivity index (χ1n) is 9.68. The lowest BCUT2D eigenvalue weighted by Gasteiger charge is -2.61. The molecule has 0 heterocycles. The Labute approximate surface area is 151 Å². The molecule has 0 spiro atoms. The van der Waals surface area contributed by atoms with Gasteiger partial charge in [0.15, 0.2) is 5.78 Å². The third-order valence-electron chi connectivity index (χ3n) is 8.01. The first kappa shape index (κ1) is 19.1. The lowest BCUT2D eigenvalue weighted by Crippen LogP contribution is -2.60. The van der Waals surface area contributed by atoms with E-state index in [0.29, 0.717) is 12.8 Å². The Bertz CT molecular complexity index is 593. The fraction of sp³-hybridized carbons (Fsp3) is 0.857. The summed E-state index contributed by atoms with van der Waals surface area (Å²) in [6.45, 7) is 10.5. The van der Waals surface area contributed by atoms with E-state index < -0.39 is 11.7 Å². The van der Waals surface area contributed by atoms with Crippen LogP contribution in [0.4, 0.5) is 0 Å². The molecule has 3 aliphatic carbocycles. The highest BCUT2D eigenvalue weighted by molar-refractivity contribution is 5.97. The molecule has 0 aliphatic heterocycles. The van der Waals surface area contributed by atoms with Crippen LogP contribution < -0.4 is 0 Å². The fourth-order valence-electron chi connectivity index (χ4n) is 6.15. The number of allylic oxidation sites excluding steroid dienone is 1. The number of hydrogen-bond donors (Lipinski definition) is 2. The van der Waals surface area contributed by atoms with Crippen LogP contribution in [0.25, 0.3) is 0 Å². The van der Waals surface area contributed by atoms with Crippen molar-refractivity contribution in [2.45, 2.75) is 78.1 Å². The molecule has 3 aliphatic rings. The van der Waals surface area contributed by atoms with E-state index in [1.807, 2.05) is 19.9 Å². The summed E-state index contributed by atoms with van der Waals surface area (Å²) in [5.74, 6) is 0.440. The molecule has 2 N–H and O–H groups in total. The highest BCUT2D eigenvalue weighted by atomic mass is 16.5. The number of carbonyl (C=O) groups is 1. The van der Waals surface area contributed by atoms with Crippen molar-refractivity contribution in [3.05, 3.63) is 11.6 Å². The van der Waals surface area contributed by atoms with Crippen molar-refractivity contribution in [2.24, 2.45) is 28.6 Å². The van der Waals surface area contributed by atoms with Gasteiger partial charge in [-0.15, -0.1) is 0 Å². The minimum Gasteiger partial charge on any atom is -0.393 e. The Hall–Kier alpha value is -0.710. The van der Waals surface area contributed by atoms with Crippen LogP contribution in [0.15, 0.2) is 11.6 Å². The summed E-state index contributed by atoms with van der Waals surface area (Å²) in [7, 11) is 1.62. The quantitative estimate of drug-likeness (QED) is 0.803. The molecule has 6 atom stereocenters. The smallest absolute Gasteiger partial charge is 0.159 e. The minimum atomic E-state index is -0.783. The van der Waals surface area contributed by atoms with Gasteiger partial charge in [-0.05, 0) is 59.5 Å². The number of methoxy groups -OCH3 is 1. The number of ether oxygens (including phenoxy) is 1. The standard InChI is InChI=1S/C21H34O4/c1-12(2)21(25-6)11-13-14(9-18(21)24)20(5)8-7-17(23)19(3,4)16(20)10-15(13)22/h11-12,14,16-18,23-24H,7-10H2,1-6H3/t14-,16-,17-,18-,20+,21-/m1/s1. The van der Waals surface area contributed by atoms with Crippen molar-refractivity contribution >= 4 is 5.78 Å².